The van der Waals surface area contributed by atoms with E-state index in [4.69, 9.17) is 4.84 Å². The van der Waals surface area contributed by atoms with Gasteiger partial charge < -0.3 is 5.11 Å². The van der Waals surface area contributed by atoms with Gasteiger partial charge in [-0.3, -0.25) is 9.63 Å². The van der Waals surface area contributed by atoms with Crippen molar-refractivity contribution in [1.29, 1.82) is 0 Å². The lowest BCUT2D eigenvalue weighted by molar-refractivity contribution is -0.0589. The van der Waals surface area contributed by atoms with Gasteiger partial charge in [-0.2, -0.15) is 0 Å². The fourth-order valence-electron chi connectivity index (χ4n) is 1.96. The van der Waals surface area contributed by atoms with Gasteiger partial charge in [0, 0.05) is 5.39 Å². The van der Waals surface area contributed by atoms with Crippen LogP contribution in [0.4, 0.5) is 0 Å². The Morgan fingerprint density at radius 3 is 2.14 bits per heavy atom. The number of carboxylic acids is 1. The molecule has 2 rings (SSSR count). The molecule has 0 heterocycles. The molecule has 0 saturated heterocycles. The number of aromatic carboxylic acids is 1. The third-order valence-electron chi connectivity index (χ3n) is 2.83. The van der Waals surface area contributed by atoms with Gasteiger partial charge in [0.15, 0.2) is 0 Å². The maximum Gasteiger partial charge on any atom is 0.336 e. The van der Waals surface area contributed by atoms with Crippen LogP contribution in [0.25, 0.3) is 10.8 Å². The summed E-state index contributed by atoms with van der Waals surface area (Å²) in [6, 6.07) is 9.95. The maximum atomic E-state index is 12.3. The molecule has 5 nitrogen and oxygen atoms in total. The number of hydrogen-bond acceptors (Lipinski definition) is 3. The van der Waals surface area contributed by atoms with E-state index in [1.807, 2.05) is 0 Å². The van der Waals surface area contributed by atoms with Gasteiger partial charge in [-0.15, -0.1) is 0 Å². The number of rotatable bonds is 3. The first-order valence-electron chi connectivity index (χ1n) is 6.53. The molecule has 0 aliphatic rings. The summed E-state index contributed by atoms with van der Waals surface area (Å²) in [5.41, 5.74) is 2.20. The summed E-state index contributed by atoms with van der Waals surface area (Å²) in [6.45, 7) is 5.41. The molecule has 0 aliphatic carbocycles. The Bertz CT molecular complexity index is 696. The minimum absolute atomic E-state index is 0.0917. The summed E-state index contributed by atoms with van der Waals surface area (Å²) < 4.78 is 0. The van der Waals surface area contributed by atoms with Gasteiger partial charge in [0.25, 0.3) is 5.91 Å². The number of benzene rings is 2. The molecule has 21 heavy (non-hydrogen) atoms. The van der Waals surface area contributed by atoms with Crippen LogP contribution in [-0.4, -0.2) is 22.6 Å². The van der Waals surface area contributed by atoms with Gasteiger partial charge in [-0.05, 0) is 38.3 Å². The van der Waals surface area contributed by atoms with Gasteiger partial charge >= 0.3 is 5.97 Å². The molecule has 2 aromatic carbocycles. The number of fused-ring (bicyclic) bond motifs is 1. The highest BCUT2D eigenvalue weighted by atomic mass is 16.7. The molecule has 0 atom stereocenters. The summed E-state index contributed by atoms with van der Waals surface area (Å²) in [4.78, 5) is 28.8. The third-order valence-corrected chi connectivity index (χ3v) is 2.83. The van der Waals surface area contributed by atoms with E-state index >= 15 is 0 Å². The number of hydrogen-bond donors (Lipinski definition) is 2. The van der Waals surface area contributed by atoms with E-state index in [1.165, 1.54) is 6.07 Å². The highest BCUT2D eigenvalue weighted by Gasteiger charge is 2.18. The van der Waals surface area contributed by atoms with Crippen molar-refractivity contribution in [2.24, 2.45) is 0 Å². The Kier molecular flexibility index (Phi) is 3.95. The largest absolute Gasteiger partial charge is 0.478 e. The first kappa shape index (κ1) is 15.0. The fraction of sp³-hybridized carbons (Fsp3) is 0.250. The molecule has 0 bridgehead atoms. The Morgan fingerprint density at radius 2 is 1.62 bits per heavy atom. The number of carboxylic acid groups (broad SMARTS) is 1. The quantitative estimate of drug-likeness (QED) is 0.851. The molecule has 0 aliphatic heterocycles. The molecule has 0 aromatic heterocycles. The van der Waals surface area contributed by atoms with Crippen molar-refractivity contribution >= 4 is 22.6 Å². The molecule has 5 heteroatoms. The van der Waals surface area contributed by atoms with E-state index in [2.05, 4.69) is 5.48 Å². The predicted octanol–water partition coefficient (Wildman–Crippen LogP) is 3.00. The van der Waals surface area contributed by atoms with Gasteiger partial charge in [0.2, 0.25) is 0 Å². The van der Waals surface area contributed by atoms with Crippen molar-refractivity contribution < 1.29 is 19.5 Å². The molecule has 2 N–H and O–H groups in total. The lowest BCUT2D eigenvalue weighted by atomic mass is 9.99. The van der Waals surface area contributed by atoms with Crippen molar-refractivity contribution in [3.63, 3.8) is 0 Å². The predicted molar refractivity (Wildman–Crippen MR) is 79.2 cm³/mol. The lowest BCUT2D eigenvalue weighted by Crippen LogP contribution is -2.33. The topological polar surface area (TPSA) is 75.6 Å². The van der Waals surface area contributed by atoms with Crippen molar-refractivity contribution in [2.75, 3.05) is 0 Å². The van der Waals surface area contributed by atoms with E-state index in [1.54, 1.807) is 51.1 Å². The van der Waals surface area contributed by atoms with Crippen molar-refractivity contribution in [3.05, 3.63) is 47.5 Å². The van der Waals surface area contributed by atoms with E-state index < -0.39 is 17.5 Å². The van der Waals surface area contributed by atoms with Gasteiger partial charge in [-0.1, -0.05) is 24.3 Å². The summed E-state index contributed by atoms with van der Waals surface area (Å²) in [6.07, 6.45) is 0. The second-order valence-electron chi connectivity index (χ2n) is 5.66. The average molecular weight is 287 g/mol. The second-order valence-corrected chi connectivity index (χ2v) is 5.66. The zero-order chi connectivity index (χ0) is 15.6. The summed E-state index contributed by atoms with van der Waals surface area (Å²) in [5, 5.41) is 10.4. The summed E-state index contributed by atoms with van der Waals surface area (Å²) in [7, 11) is 0. The minimum atomic E-state index is -1.07. The second kappa shape index (κ2) is 5.54. The summed E-state index contributed by atoms with van der Waals surface area (Å²) >= 11 is 0. The van der Waals surface area contributed by atoms with E-state index in [9.17, 15) is 14.7 Å². The highest BCUT2D eigenvalue weighted by Crippen LogP contribution is 2.23. The van der Waals surface area contributed by atoms with Crippen LogP contribution in [0.2, 0.25) is 0 Å². The maximum absolute atomic E-state index is 12.3. The molecule has 0 radical (unpaired) electrons. The molecule has 1 amide bonds. The summed E-state index contributed by atoms with van der Waals surface area (Å²) in [5.74, 6) is -1.54. The Balaban J connectivity index is 2.49. The van der Waals surface area contributed by atoms with E-state index in [0.717, 1.165) is 0 Å². The Hall–Kier alpha value is -2.40. The Morgan fingerprint density at radius 1 is 1.05 bits per heavy atom. The van der Waals surface area contributed by atoms with E-state index in [0.29, 0.717) is 10.8 Å². The van der Waals surface area contributed by atoms with Gasteiger partial charge in [0.1, 0.15) is 0 Å². The first-order valence-corrected chi connectivity index (χ1v) is 6.53. The molecule has 0 saturated carbocycles. The molecular formula is C16H17NO4. The standard InChI is InChI=1S/C16H17NO4/c1-16(2,3)21-17-14(18)11-8-4-6-10-7-5-9-12(13(10)11)15(19)20/h4-9H,1-3H3,(H,17,18)(H,19,20). The highest BCUT2D eigenvalue weighted by molar-refractivity contribution is 6.14. The van der Waals surface area contributed by atoms with E-state index in [-0.39, 0.29) is 11.1 Å². The van der Waals surface area contributed by atoms with Crippen LogP contribution in [0, 0.1) is 0 Å². The first-order chi connectivity index (χ1) is 9.79. The van der Waals surface area contributed by atoms with Gasteiger partial charge in [0.05, 0.1) is 16.7 Å². The fourth-order valence-corrected chi connectivity index (χ4v) is 1.96. The Labute approximate surface area is 122 Å². The number of amides is 1. The average Bonchev–Trinajstić information content (AvgIpc) is 2.42. The molecule has 0 unspecified atom stereocenters. The molecule has 110 valence electrons. The van der Waals surface area contributed by atoms with Crippen LogP contribution in [0.15, 0.2) is 36.4 Å². The third kappa shape index (κ3) is 3.38. The molecule has 2 aromatic rings. The van der Waals surface area contributed by atoms with Crippen LogP contribution in [0.1, 0.15) is 41.5 Å². The molecular weight excluding hydrogens is 270 g/mol. The number of nitrogens with one attached hydrogen (secondary N) is 1. The zero-order valence-electron chi connectivity index (χ0n) is 12.1. The number of carbonyl (C=O) groups is 2. The normalized spacial score (nSPS) is 11.4. The SMILES string of the molecule is CC(C)(C)ONC(=O)c1cccc2cccc(C(=O)O)c12. The molecule has 0 fully saturated rings. The lowest BCUT2D eigenvalue weighted by Gasteiger charge is -2.19. The van der Waals surface area contributed by atoms with Crippen molar-refractivity contribution in [1.82, 2.24) is 5.48 Å². The zero-order valence-corrected chi connectivity index (χ0v) is 12.1. The smallest absolute Gasteiger partial charge is 0.336 e. The van der Waals surface area contributed by atoms with Crippen LogP contribution >= 0.6 is 0 Å². The number of carbonyl (C=O) groups excluding carboxylic acids is 1. The van der Waals surface area contributed by atoms with Crippen molar-refractivity contribution in [2.45, 2.75) is 26.4 Å². The number of hydroxylamine groups is 1. The van der Waals surface area contributed by atoms with Gasteiger partial charge in [-0.25, -0.2) is 10.3 Å². The van der Waals surface area contributed by atoms with Crippen molar-refractivity contribution in [3.8, 4) is 0 Å². The van der Waals surface area contributed by atoms with Crippen LogP contribution in [0.3, 0.4) is 0 Å². The van der Waals surface area contributed by atoms with Crippen LogP contribution < -0.4 is 5.48 Å². The minimum Gasteiger partial charge on any atom is -0.478 e. The van der Waals surface area contributed by atoms with Crippen LogP contribution in [-0.2, 0) is 4.84 Å². The monoisotopic (exact) mass is 287 g/mol. The molecule has 0 spiro atoms. The van der Waals surface area contributed by atoms with Crippen LogP contribution in [0.5, 0.6) is 0 Å².